The van der Waals surface area contributed by atoms with Gasteiger partial charge in [0.2, 0.25) is 0 Å². The normalized spacial score (nSPS) is 18.5. The number of alkyl halides is 2. The summed E-state index contributed by atoms with van der Waals surface area (Å²) in [6.07, 6.45) is 6.03. The van der Waals surface area contributed by atoms with E-state index in [1.54, 1.807) is 12.3 Å². The third-order valence-electron chi connectivity index (χ3n) is 6.47. The topological polar surface area (TPSA) is 60.1 Å². The monoisotopic (exact) mass is 458 g/mol. The molecule has 6 nitrogen and oxygen atoms in total. The number of hydrogen-bond donors (Lipinski definition) is 0. The lowest BCUT2D eigenvalue weighted by Gasteiger charge is -2.44. The van der Waals surface area contributed by atoms with Crippen LogP contribution in [-0.2, 0) is 0 Å². The van der Waals surface area contributed by atoms with Crippen molar-refractivity contribution < 1.29 is 13.6 Å². The lowest BCUT2D eigenvalue weighted by molar-refractivity contribution is 0.0566. The van der Waals surface area contributed by atoms with Crippen molar-refractivity contribution in [3.05, 3.63) is 63.2 Å². The third kappa shape index (κ3) is 3.00. The first-order valence-electron chi connectivity index (χ1n) is 10.3. The first-order chi connectivity index (χ1) is 15.1. The molecule has 0 saturated carbocycles. The minimum Gasteiger partial charge on any atom is -0.300 e. The predicted octanol–water partition coefficient (Wildman–Crippen LogP) is 5.20. The molecule has 0 unspecified atom stereocenters. The molecule has 2 aromatic heterocycles. The molecule has 1 atom stereocenters. The Labute approximate surface area is 188 Å². The molecule has 0 N–H and O–H groups in total. The van der Waals surface area contributed by atoms with Crippen LogP contribution in [0.3, 0.4) is 0 Å². The molecule has 2 aliphatic rings. The molecule has 0 aliphatic carbocycles. The summed E-state index contributed by atoms with van der Waals surface area (Å²) in [5.74, 6) is -0.283. The maximum Gasteiger partial charge on any atom is 0.333 e. The van der Waals surface area contributed by atoms with Gasteiger partial charge in [-0.2, -0.15) is 13.9 Å². The molecule has 1 fully saturated rings. The Kier molecular flexibility index (Phi) is 4.57. The van der Waals surface area contributed by atoms with Crippen molar-refractivity contribution in [3.8, 4) is 22.4 Å². The van der Waals surface area contributed by atoms with Gasteiger partial charge >= 0.3 is 6.55 Å². The van der Waals surface area contributed by atoms with Gasteiger partial charge in [0.05, 0.1) is 29.0 Å². The predicted molar refractivity (Wildman–Crippen MR) is 118 cm³/mol. The van der Waals surface area contributed by atoms with Crippen LogP contribution in [0.2, 0.25) is 5.02 Å². The summed E-state index contributed by atoms with van der Waals surface area (Å²) in [5.41, 5.74) is 3.10. The Morgan fingerprint density at radius 3 is 2.62 bits per heavy atom. The van der Waals surface area contributed by atoms with E-state index < -0.39 is 6.55 Å². The summed E-state index contributed by atoms with van der Waals surface area (Å²) in [7, 11) is 0. The van der Waals surface area contributed by atoms with Crippen molar-refractivity contribution in [1.82, 2.24) is 14.5 Å². The second-order valence-corrected chi connectivity index (χ2v) is 9.36. The summed E-state index contributed by atoms with van der Waals surface area (Å²) in [5, 5.41) is 6.29. The number of rotatable bonds is 3. The number of carbonyl (C=O) groups excluding carboxylic acids is 1. The van der Waals surface area contributed by atoms with Crippen LogP contribution >= 0.6 is 11.6 Å². The zero-order valence-electron chi connectivity index (χ0n) is 17.8. The summed E-state index contributed by atoms with van der Waals surface area (Å²) in [6, 6.07) is 5.14. The number of aromatic nitrogens is 3. The van der Waals surface area contributed by atoms with Crippen molar-refractivity contribution in [3.63, 3.8) is 0 Å². The number of fused-ring (bicyclic) bond motifs is 6. The van der Waals surface area contributed by atoms with Gasteiger partial charge in [-0.15, -0.1) is 0 Å². The van der Waals surface area contributed by atoms with Crippen molar-refractivity contribution in [2.45, 2.75) is 51.7 Å². The Bertz CT molecular complexity index is 1330. The van der Waals surface area contributed by atoms with Crippen LogP contribution in [0.25, 0.3) is 22.4 Å². The molecule has 0 radical (unpaired) electrons. The van der Waals surface area contributed by atoms with Crippen molar-refractivity contribution in [2.75, 3.05) is 5.01 Å². The summed E-state index contributed by atoms with van der Waals surface area (Å²) in [6.45, 7) is 2.89. The zero-order valence-corrected chi connectivity index (χ0v) is 18.5. The van der Waals surface area contributed by atoms with E-state index in [0.717, 1.165) is 24.0 Å². The van der Waals surface area contributed by atoms with Gasteiger partial charge in [0.1, 0.15) is 0 Å². The van der Waals surface area contributed by atoms with Crippen molar-refractivity contribution in [2.24, 2.45) is 0 Å². The minimum absolute atomic E-state index is 0.0176. The lowest BCUT2D eigenvalue weighted by Crippen LogP contribution is -2.50. The number of ketones is 1. The van der Waals surface area contributed by atoms with Crippen LogP contribution in [0.4, 0.5) is 8.78 Å². The maximum absolute atomic E-state index is 13.0. The molecule has 3 aromatic rings. The van der Waals surface area contributed by atoms with Crippen LogP contribution in [0, 0.1) is 0 Å². The standard InChI is InChI=1S/C23H21ClF2N4O2/c1-12(31)17-11-29-20(8-21(17)32)16-7-18(24)14(13-9-27-28(10-13)22(25)26)6-15(16)19-4-5-23(2,3)30(19)29/h6-11,19,22H,4-5H2,1-3H3/t19-/m1/s1. The van der Waals surface area contributed by atoms with E-state index in [0.29, 0.717) is 26.5 Å². The van der Waals surface area contributed by atoms with E-state index in [2.05, 4.69) is 24.0 Å². The largest absolute Gasteiger partial charge is 0.333 e. The first-order valence-corrected chi connectivity index (χ1v) is 10.7. The Morgan fingerprint density at radius 2 is 1.97 bits per heavy atom. The van der Waals surface area contributed by atoms with Gasteiger partial charge in [0.15, 0.2) is 11.2 Å². The number of pyridine rings is 1. The molecule has 1 saturated heterocycles. The van der Waals surface area contributed by atoms with Gasteiger partial charge in [-0.25, -0.2) is 4.68 Å². The molecular formula is C23H21ClF2N4O2. The van der Waals surface area contributed by atoms with Gasteiger partial charge in [0, 0.05) is 40.2 Å². The van der Waals surface area contributed by atoms with Gasteiger partial charge in [-0.3, -0.25) is 19.3 Å². The van der Waals surface area contributed by atoms with E-state index in [-0.39, 0.29) is 28.4 Å². The molecule has 0 bridgehead atoms. The van der Waals surface area contributed by atoms with Gasteiger partial charge in [-0.1, -0.05) is 11.6 Å². The minimum atomic E-state index is -2.74. The number of benzene rings is 1. The van der Waals surface area contributed by atoms with Crippen LogP contribution in [0.15, 0.2) is 41.6 Å². The summed E-state index contributed by atoms with van der Waals surface area (Å²) in [4.78, 5) is 24.7. The first kappa shape index (κ1) is 20.9. The Hall–Kier alpha value is -3.00. The number of nitrogens with zero attached hydrogens (tertiary/aromatic N) is 4. The molecular weight excluding hydrogens is 438 g/mol. The Balaban J connectivity index is 1.76. The fourth-order valence-electron chi connectivity index (χ4n) is 4.94. The van der Waals surface area contributed by atoms with Crippen LogP contribution in [0.5, 0.6) is 0 Å². The molecule has 0 spiro atoms. The molecule has 4 heterocycles. The third-order valence-corrected chi connectivity index (χ3v) is 6.79. The second kappa shape index (κ2) is 7.00. The molecule has 32 heavy (non-hydrogen) atoms. The molecule has 1 aromatic carbocycles. The highest BCUT2D eigenvalue weighted by Crippen LogP contribution is 2.49. The van der Waals surface area contributed by atoms with Gasteiger partial charge < -0.3 is 0 Å². The van der Waals surface area contributed by atoms with Crippen LogP contribution < -0.4 is 10.4 Å². The van der Waals surface area contributed by atoms with Gasteiger partial charge in [0.25, 0.3) is 0 Å². The Morgan fingerprint density at radius 1 is 1.22 bits per heavy atom. The highest BCUT2D eigenvalue weighted by atomic mass is 35.5. The van der Waals surface area contributed by atoms with Crippen molar-refractivity contribution >= 4 is 17.4 Å². The number of hydrogen-bond acceptors (Lipinski definition) is 4. The molecule has 2 aliphatic heterocycles. The lowest BCUT2D eigenvalue weighted by atomic mass is 9.91. The molecule has 166 valence electrons. The average molecular weight is 459 g/mol. The SMILES string of the molecule is CC(=O)c1cn2c(cc1=O)-c1cc(Cl)c(-c3cnn(C(F)F)c3)cc1[C@H]1CCC(C)(C)N12. The highest BCUT2D eigenvalue weighted by Gasteiger charge is 2.45. The summed E-state index contributed by atoms with van der Waals surface area (Å²) >= 11 is 6.59. The quantitative estimate of drug-likeness (QED) is 0.506. The number of halogens is 3. The van der Waals surface area contributed by atoms with Gasteiger partial charge in [-0.05, 0) is 51.3 Å². The highest BCUT2D eigenvalue weighted by molar-refractivity contribution is 6.33. The zero-order chi connectivity index (χ0) is 22.9. The fraction of sp³-hybridized carbons (Fsp3) is 0.348. The molecule has 5 rings (SSSR count). The van der Waals surface area contributed by atoms with E-state index in [1.807, 2.05) is 10.7 Å². The summed E-state index contributed by atoms with van der Waals surface area (Å²) < 4.78 is 28.6. The van der Waals surface area contributed by atoms with E-state index in [4.69, 9.17) is 11.6 Å². The van der Waals surface area contributed by atoms with Crippen molar-refractivity contribution in [1.29, 1.82) is 0 Å². The van der Waals surface area contributed by atoms with Crippen LogP contribution in [0.1, 0.15) is 62.1 Å². The van der Waals surface area contributed by atoms with E-state index in [1.165, 1.54) is 25.4 Å². The average Bonchev–Trinajstić information content (AvgIpc) is 3.32. The second-order valence-electron chi connectivity index (χ2n) is 8.95. The van der Waals surface area contributed by atoms with E-state index in [9.17, 15) is 18.4 Å². The molecule has 9 heteroatoms. The fourth-order valence-corrected chi connectivity index (χ4v) is 5.21. The number of Topliss-reactive ketones (excluding diaryl/α,β-unsaturated/α-hetero) is 1. The smallest absolute Gasteiger partial charge is 0.300 e. The molecule has 0 amide bonds. The maximum atomic E-state index is 13.0. The number of carbonyl (C=O) groups is 1. The van der Waals surface area contributed by atoms with Crippen LogP contribution in [-0.4, -0.2) is 25.8 Å². The van der Waals surface area contributed by atoms with E-state index >= 15 is 0 Å².